The fourth-order valence-electron chi connectivity index (χ4n) is 2.03. The highest BCUT2D eigenvalue weighted by Gasteiger charge is 2.53. The Balaban J connectivity index is 2.15. The van der Waals surface area contributed by atoms with Crippen molar-refractivity contribution in [1.29, 1.82) is 0 Å². The molecule has 3 nitrogen and oxygen atoms in total. The summed E-state index contributed by atoms with van der Waals surface area (Å²) in [6.45, 7) is 0.351. The number of urea groups is 1. The summed E-state index contributed by atoms with van der Waals surface area (Å²) in [5, 5.41) is 2.41. The topological polar surface area (TPSA) is 32.3 Å². The third-order valence-electron chi connectivity index (χ3n) is 2.69. The third kappa shape index (κ3) is 1.24. The molecular weight excluding hydrogens is 185 g/mol. The molecule has 0 aromatic carbocycles. The van der Waals surface area contributed by atoms with Gasteiger partial charge in [-0.3, -0.25) is 0 Å². The molecule has 2 heterocycles. The first kappa shape index (κ1) is 8.65. The first-order chi connectivity index (χ1) is 6.00. The van der Waals surface area contributed by atoms with Gasteiger partial charge in [-0.25, -0.2) is 4.79 Å². The second-order valence-electron chi connectivity index (χ2n) is 3.38. The molecule has 0 spiro atoms. The van der Waals surface area contributed by atoms with Gasteiger partial charge in [0, 0.05) is 13.1 Å². The van der Waals surface area contributed by atoms with Crippen LogP contribution < -0.4 is 5.32 Å². The maximum Gasteiger partial charge on any atom is 0.393 e. The van der Waals surface area contributed by atoms with Crippen LogP contribution in [-0.4, -0.2) is 36.2 Å². The zero-order valence-electron chi connectivity index (χ0n) is 6.77. The van der Waals surface area contributed by atoms with Crippen molar-refractivity contribution in [3.8, 4) is 0 Å². The van der Waals surface area contributed by atoms with E-state index in [0.717, 1.165) is 0 Å². The van der Waals surface area contributed by atoms with Gasteiger partial charge in [0.15, 0.2) is 0 Å². The molecule has 2 fully saturated rings. The molecule has 2 saturated heterocycles. The predicted octanol–water partition coefficient (Wildman–Crippen LogP) is 0.962. The molecule has 2 unspecified atom stereocenters. The smallest absolute Gasteiger partial charge is 0.336 e. The summed E-state index contributed by atoms with van der Waals surface area (Å²) in [5.74, 6) is -1.34. The second kappa shape index (κ2) is 2.52. The van der Waals surface area contributed by atoms with Crippen molar-refractivity contribution < 1.29 is 18.0 Å². The van der Waals surface area contributed by atoms with Gasteiger partial charge in [-0.2, -0.15) is 13.2 Å². The Morgan fingerprint density at radius 1 is 1.46 bits per heavy atom. The summed E-state index contributed by atoms with van der Waals surface area (Å²) in [7, 11) is 0. The van der Waals surface area contributed by atoms with Gasteiger partial charge >= 0.3 is 12.2 Å². The van der Waals surface area contributed by atoms with E-state index in [1.54, 1.807) is 0 Å². The lowest BCUT2D eigenvalue weighted by Gasteiger charge is -2.20. The normalized spacial score (nSPS) is 33.5. The van der Waals surface area contributed by atoms with Gasteiger partial charge < -0.3 is 10.2 Å². The highest BCUT2D eigenvalue weighted by molar-refractivity contribution is 5.77. The molecule has 0 bridgehead atoms. The molecule has 2 aliphatic rings. The van der Waals surface area contributed by atoms with Gasteiger partial charge in [0.25, 0.3) is 0 Å². The molecule has 74 valence electrons. The lowest BCUT2D eigenvalue weighted by molar-refractivity contribution is -0.177. The van der Waals surface area contributed by atoms with E-state index in [2.05, 4.69) is 5.32 Å². The standard InChI is InChI=1S/C7H9F3N2O/c8-7(9,10)4-1-2-12-5(4)3-11-6(12)13/h4-5H,1-3H2,(H,11,13). The van der Waals surface area contributed by atoms with Crippen LogP contribution in [0.1, 0.15) is 6.42 Å². The van der Waals surface area contributed by atoms with Crippen molar-refractivity contribution in [3.63, 3.8) is 0 Å². The fourth-order valence-corrected chi connectivity index (χ4v) is 2.03. The van der Waals surface area contributed by atoms with Gasteiger partial charge in [-0.1, -0.05) is 0 Å². The number of halogens is 3. The summed E-state index contributed by atoms with van der Waals surface area (Å²) in [4.78, 5) is 12.3. The Morgan fingerprint density at radius 3 is 2.77 bits per heavy atom. The van der Waals surface area contributed by atoms with E-state index in [-0.39, 0.29) is 25.5 Å². The molecule has 0 aliphatic carbocycles. The van der Waals surface area contributed by atoms with Crippen LogP contribution in [0, 0.1) is 5.92 Å². The van der Waals surface area contributed by atoms with E-state index < -0.39 is 18.1 Å². The zero-order valence-corrected chi connectivity index (χ0v) is 6.77. The molecule has 0 aromatic rings. The van der Waals surface area contributed by atoms with E-state index in [9.17, 15) is 18.0 Å². The largest absolute Gasteiger partial charge is 0.393 e. The van der Waals surface area contributed by atoms with Crippen molar-refractivity contribution in [3.05, 3.63) is 0 Å². The molecule has 0 aromatic heterocycles. The number of hydrogen-bond acceptors (Lipinski definition) is 1. The lowest BCUT2D eigenvalue weighted by Crippen LogP contribution is -2.36. The van der Waals surface area contributed by atoms with Crippen LogP contribution in [0.3, 0.4) is 0 Å². The summed E-state index contributed by atoms with van der Waals surface area (Å²) < 4.78 is 37.1. The Kier molecular flexibility index (Phi) is 1.68. The van der Waals surface area contributed by atoms with Crippen molar-refractivity contribution in [2.24, 2.45) is 5.92 Å². The summed E-state index contributed by atoms with van der Waals surface area (Å²) in [6, 6.07) is -1.04. The van der Waals surface area contributed by atoms with Crippen molar-refractivity contribution >= 4 is 6.03 Å². The van der Waals surface area contributed by atoms with Crippen molar-refractivity contribution in [2.45, 2.75) is 18.6 Å². The number of hydrogen-bond donors (Lipinski definition) is 1. The maximum atomic E-state index is 12.4. The van der Waals surface area contributed by atoms with Crippen molar-refractivity contribution in [2.75, 3.05) is 13.1 Å². The number of nitrogens with zero attached hydrogens (tertiary/aromatic N) is 1. The van der Waals surface area contributed by atoms with E-state index in [0.29, 0.717) is 0 Å². The van der Waals surface area contributed by atoms with Gasteiger partial charge in [0.05, 0.1) is 12.0 Å². The van der Waals surface area contributed by atoms with Crippen LogP contribution in [0.2, 0.25) is 0 Å². The van der Waals surface area contributed by atoms with Crippen LogP contribution >= 0.6 is 0 Å². The van der Waals surface area contributed by atoms with Crippen molar-refractivity contribution in [1.82, 2.24) is 10.2 Å². The summed E-state index contributed by atoms with van der Waals surface area (Å²) in [6.07, 6.45) is -4.13. The molecule has 0 radical (unpaired) electrons. The monoisotopic (exact) mass is 194 g/mol. The van der Waals surface area contributed by atoms with E-state index >= 15 is 0 Å². The number of rotatable bonds is 0. The number of alkyl halides is 3. The Bertz CT molecular complexity index is 240. The molecule has 2 aliphatic heterocycles. The van der Waals surface area contributed by atoms with Crippen LogP contribution in [-0.2, 0) is 0 Å². The quantitative estimate of drug-likeness (QED) is 0.612. The van der Waals surface area contributed by atoms with Gasteiger partial charge in [0.2, 0.25) is 0 Å². The molecular formula is C7H9F3N2O. The summed E-state index contributed by atoms with van der Waals surface area (Å²) >= 11 is 0. The Hall–Kier alpha value is -0.940. The Morgan fingerprint density at radius 2 is 2.15 bits per heavy atom. The van der Waals surface area contributed by atoms with Crippen LogP contribution in [0.4, 0.5) is 18.0 Å². The first-order valence-electron chi connectivity index (χ1n) is 4.11. The zero-order chi connectivity index (χ0) is 9.64. The highest BCUT2D eigenvalue weighted by atomic mass is 19.4. The molecule has 0 saturated carbocycles. The summed E-state index contributed by atoms with van der Waals surface area (Å²) in [5.41, 5.74) is 0. The lowest BCUT2D eigenvalue weighted by atomic mass is 10.0. The van der Waals surface area contributed by atoms with Gasteiger partial charge in [0.1, 0.15) is 0 Å². The minimum atomic E-state index is -4.17. The fraction of sp³-hybridized carbons (Fsp3) is 0.857. The molecule has 2 amide bonds. The van der Waals surface area contributed by atoms with Crippen LogP contribution in [0.5, 0.6) is 0 Å². The number of carbonyl (C=O) groups excluding carboxylic acids is 1. The number of fused-ring (bicyclic) bond motifs is 1. The first-order valence-corrected chi connectivity index (χ1v) is 4.11. The second-order valence-corrected chi connectivity index (χ2v) is 3.38. The SMILES string of the molecule is O=C1NCC2C(C(F)(F)F)CCN12. The molecule has 1 N–H and O–H groups in total. The maximum absolute atomic E-state index is 12.4. The minimum absolute atomic E-state index is 0.0432. The molecule has 2 rings (SSSR count). The molecule has 13 heavy (non-hydrogen) atoms. The minimum Gasteiger partial charge on any atom is -0.336 e. The van der Waals surface area contributed by atoms with Crippen LogP contribution in [0.25, 0.3) is 0 Å². The third-order valence-corrected chi connectivity index (χ3v) is 2.69. The average molecular weight is 194 g/mol. The number of nitrogens with one attached hydrogen (secondary N) is 1. The molecule has 2 atom stereocenters. The van der Waals surface area contributed by atoms with E-state index in [4.69, 9.17) is 0 Å². The van der Waals surface area contributed by atoms with Gasteiger partial charge in [-0.15, -0.1) is 0 Å². The Labute approximate surface area is 72.9 Å². The van der Waals surface area contributed by atoms with E-state index in [1.165, 1.54) is 4.90 Å². The highest BCUT2D eigenvalue weighted by Crippen LogP contribution is 2.39. The molecule has 6 heteroatoms. The van der Waals surface area contributed by atoms with E-state index in [1.807, 2.05) is 0 Å². The predicted molar refractivity (Wildman–Crippen MR) is 38.1 cm³/mol. The number of amides is 2. The number of carbonyl (C=O) groups is 1. The average Bonchev–Trinajstić information content (AvgIpc) is 2.51. The van der Waals surface area contributed by atoms with Crippen LogP contribution in [0.15, 0.2) is 0 Å². The van der Waals surface area contributed by atoms with Gasteiger partial charge in [-0.05, 0) is 6.42 Å².